The number of phenolic OH excluding ortho intramolecular Hbond substituents is 1. The van der Waals surface area contributed by atoms with Crippen LogP contribution in [0.15, 0.2) is 29.1 Å². The van der Waals surface area contributed by atoms with Crippen LogP contribution in [-0.4, -0.2) is 20.0 Å². The lowest BCUT2D eigenvalue weighted by atomic mass is 10.1. The normalized spacial score (nSPS) is 11.8. The van der Waals surface area contributed by atoms with E-state index in [0.29, 0.717) is 6.07 Å². The number of nitro benzene ring substituents is 1. The Morgan fingerprint density at radius 3 is 2.57 bits per heavy atom. The first-order valence-electron chi connectivity index (χ1n) is 6.01. The van der Waals surface area contributed by atoms with Gasteiger partial charge in [0.05, 0.1) is 10.6 Å². The lowest BCUT2D eigenvalue weighted by Gasteiger charge is -2.05. The van der Waals surface area contributed by atoms with E-state index in [1.165, 1.54) is 0 Å². The lowest BCUT2D eigenvalue weighted by molar-refractivity contribution is -0.384. The summed E-state index contributed by atoms with van der Waals surface area (Å²) in [5, 5.41) is 20.2. The van der Waals surface area contributed by atoms with Crippen molar-refractivity contribution in [3.8, 4) is 5.75 Å². The summed E-state index contributed by atoms with van der Waals surface area (Å²) < 4.78 is 37.7. The third-order valence-electron chi connectivity index (χ3n) is 2.73. The van der Waals surface area contributed by atoms with Gasteiger partial charge in [-0.2, -0.15) is 18.2 Å². The van der Waals surface area contributed by atoms with Gasteiger partial charge < -0.3 is 10.1 Å². The summed E-state index contributed by atoms with van der Waals surface area (Å²) in [7, 11) is 0. The average Bonchev–Trinajstić information content (AvgIpc) is 2.44. The number of nitrogens with one attached hydrogen (secondary N) is 1. The molecule has 120 valence electrons. The van der Waals surface area contributed by atoms with Gasteiger partial charge in [0, 0.05) is 17.7 Å². The van der Waals surface area contributed by atoms with Crippen LogP contribution in [0.3, 0.4) is 0 Å². The molecule has 2 aromatic rings. The van der Waals surface area contributed by atoms with E-state index in [0.717, 1.165) is 30.4 Å². The molecule has 0 aliphatic heterocycles. The maximum Gasteiger partial charge on any atom is 0.431 e. The molecule has 1 aromatic carbocycles. The summed E-state index contributed by atoms with van der Waals surface area (Å²) in [6.07, 6.45) is -2.61. The van der Waals surface area contributed by atoms with Gasteiger partial charge in [-0.15, -0.1) is 0 Å². The molecule has 0 fully saturated rings. The van der Waals surface area contributed by atoms with Crippen LogP contribution in [-0.2, 0) is 6.18 Å². The minimum atomic E-state index is -4.75. The number of H-pyrrole nitrogens is 1. The maximum absolute atomic E-state index is 12.6. The summed E-state index contributed by atoms with van der Waals surface area (Å²) in [4.78, 5) is 26.0. The molecule has 0 spiro atoms. The van der Waals surface area contributed by atoms with Crippen LogP contribution in [0.2, 0.25) is 0 Å². The van der Waals surface area contributed by atoms with Crippen LogP contribution >= 0.6 is 0 Å². The maximum atomic E-state index is 12.6. The van der Waals surface area contributed by atoms with E-state index in [2.05, 4.69) is 4.98 Å². The zero-order valence-electron chi connectivity index (χ0n) is 11.2. The van der Waals surface area contributed by atoms with Gasteiger partial charge in [-0.05, 0) is 24.3 Å². The van der Waals surface area contributed by atoms with E-state index in [-0.39, 0.29) is 22.7 Å². The molecule has 1 heterocycles. The Morgan fingerprint density at radius 2 is 1.96 bits per heavy atom. The van der Waals surface area contributed by atoms with E-state index >= 15 is 0 Å². The highest BCUT2D eigenvalue weighted by Gasteiger charge is 2.32. The summed E-state index contributed by atoms with van der Waals surface area (Å²) in [5.74, 6) is -0.312. The highest BCUT2D eigenvalue weighted by molar-refractivity contribution is 5.72. The number of halogens is 3. The van der Waals surface area contributed by atoms with Gasteiger partial charge in [-0.25, -0.2) is 4.79 Å². The number of aromatic amines is 1. The largest absolute Gasteiger partial charge is 0.507 e. The molecule has 0 atom stereocenters. The second-order valence-electron chi connectivity index (χ2n) is 4.36. The molecule has 0 unspecified atom stereocenters. The highest BCUT2D eigenvalue weighted by atomic mass is 19.4. The van der Waals surface area contributed by atoms with Crippen LogP contribution in [0.25, 0.3) is 12.2 Å². The van der Waals surface area contributed by atoms with Crippen molar-refractivity contribution in [1.82, 2.24) is 9.97 Å². The van der Waals surface area contributed by atoms with E-state index in [1.54, 1.807) is 4.98 Å². The predicted octanol–water partition coefficient (Wildman–Crippen LogP) is 2.57. The molecule has 7 nitrogen and oxygen atoms in total. The molecule has 0 bridgehead atoms. The zero-order valence-corrected chi connectivity index (χ0v) is 11.2. The molecule has 0 amide bonds. The number of non-ortho nitro benzene ring substituents is 1. The van der Waals surface area contributed by atoms with Crippen molar-refractivity contribution in [2.75, 3.05) is 0 Å². The van der Waals surface area contributed by atoms with Crippen LogP contribution in [0.5, 0.6) is 5.75 Å². The van der Waals surface area contributed by atoms with Crippen molar-refractivity contribution in [3.05, 3.63) is 61.8 Å². The van der Waals surface area contributed by atoms with Gasteiger partial charge in [0.15, 0.2) is 0 Å². The second kappa shape index (κ2) is 5.91. The second-order valence-corrected chi connectivity index (χ2v) is 4.36. The quantitative estimate of drug-likeness (QED) is 0.665. The fourth-order valence-corrected chi connectivity index (χ4v) is 1.68. The highest BCUT2D eigenvalue weighted by Crippen LogP contribution is 2.28. The van der Waals surface area contributed by atoms with Crippen molar-refractivity contribution < 1.29 is 23.2 Å². The Kier molecular flexibility index (Phi) is 4.16. The molecule has 0 aliphatic rings. The Hall–Kier alpha value is -3.17. The molecule has 0 saturated carbocycles. The van der Waals surface area contributed by atoms with E-state index in [4.69, 9.17) is 0 Å². The van der Waals surface area contributed by atoms with Crippen LogP contribution in [0.4, 0.5) is 18.9 Å². The smallest absolute Gasteiger partial charge is 0.431 e. The number of hydrogen-bond acceptors (Lipinski definition) is 5. The zero-order chi connectivity index (χ0) is 17.2. The first-order chi connectivity index (χ1) is 10.7. The number of nitro groups is 1. The lowest BCUT2D eigenvalue weighted by Crippen LogP contribution is -2.19. The molecule has 0 aliphatic carbocycles. The Balaban J connectivity index is 2.41. The first-order valence-corrected chi connectivity index (χ1v) is 6.01. The number of aromatic hydroxyl groups is 1. The Morgan fingerprint density at radius 1 is 1.26 bits per heavy atom. The number of hydrogen-bond donors (Lipinski definition) is 2. The average molecular weight is 327 g/mol. The van der Waals surface area contributed by atoms with E-state index < -0.39 is 22.5 Å². The van der Waals surface area contributed by atoms with Crippen molar-refractivity contribution in [2.24, 2.45) is 0 Å². The van der Waals surface area contributed by atoms with E-state index in [9.17, 15) is 33.2 Å². The van der Waals surface area contributed by atoms with Crippen molar-refractivity contribution in [1.29, 1.82) is 0 Å². The monoisotopic (exact) mass is 327 g/mol. The minimum Gasteiger partial charge on any atom is -0.507 e. The van der Waals surface area contributed by atoms with Crippen LogP contribution in [0, 0.1) is 10.1 Å². The Labute approximate surface area is 125 Å². The van der Waals surface area contributed by atoms with Gasteiger partial charge in [0.1, 0.15) is 11.4 Å². The molecule has 23 heavy (non-hydrogen) atoms. The van der Waals surface area contributed by atoms with Gasteiger partial charge in [0.25, 0.3) is 5.69 Å². The van der Waals surface area contributed by atoms with Gasteiger partial charge >= 0.3 is 11.9 Å². The molecule has 10 heteroatoms. The fourth-order valence-electron chi connectivity index (χ4n) is 1.68. The number of rotatable bonds is 3. The third kappa shape index (κ3) is 3.93. The van der Waals surface area contributed by atoms with Crippen molar-refractivity contribution >= 4 is 17.8 Å². The number of aromatic nitrogens is 2. The predicted molar refractivity (Wildman–Crippen MR) is 73.5 cm³/mol. The van der Waals surface area contributed by atoms with Crippen LogP contribution in [0.1, 0.15) is 17.0 Å². The summed E-state index contributed by atoms with van der Waals surface area (Å²) in [5.41, 5.74) is -3.10. The number of phenols is 1. The van der Waals surface area contributed by atoms with Crippen molar-refractivity contribution in [3.63, 3.8) is 0 Å². The number of nitrogens with zero attached hydrogens (tertiary/aromatic N) is 2. The summed E-state index contributed by atoms with van der Waals surface area (Å²) >= 11 is 0. The standard InChI is InChI=1S/C13H8F3N3O4/c14-13(15,16)11-6-8(17-12(21)18-11)2-1-7-5-9(19(22)23)3-4-10(7)20/h1-6,20H,(H,17,18,21)/b2-1+. The molecule has 1 aromatic heterocycles. The van der Waals surface area contributed by atoms with E-state index in [1.807, 2.05) is 0 Å². The third-order valence-corrected chi connectivity index (χ3v) is 2.73. The van der Waals surface area contributed by atoms with Gasteiger partial charge in [-0.3, -0.25) is 10.1 Å². The van der Waals surface area contributed by atoms with Gasteiger partial charge in [-0.1, -0.05) is 0 Å². The minimum absolute atomic E-state index is 0.00478. The SMILES string of the molecule is O=c1nc(/C=C/c2cc([N+](=O)[O-])ccc2O)cc(C(F)(F)F)[nH]1. The van der Waals surface area contributed by atoms with Crippen LogP contribution < -0.4 is 5.69 Å². The molecule has 2 rings (SSSR count). The summed E-state index contributed by atoms with van der Waals surface area (Å²) in [6.45, 7) is 0. The molecule has 2 N–H and O–H groups in total. The van der Waals surface area contributed by atoms with Crippen molar-refractivity contribution in [2.45, 2.75) is 6.18 Å². The first kappa shape index (κ1) is 16.2. The van der Waals surface area contributed by atoms with Gasteiger partial charge in [0.2, 0.25) is 0 Å². The Bertz CT molecular complexity index is 843. The molecular formula is C13H8F3N3O4. The number of alkyl halides is 3. The molecule has 0 saturated heterocycles. The molecular weight excluding hydrogens is 319 g/mol. The number of benzene rings is 1. The molecule has 0 radical (unpaired) electrons. The summed E-state index contributed by atoms with van der Waals surface area (Å²) in [6, 6.07) is 3.78. The topological polar surface area (TPSA) is 109 Å². The fraction of sp³-hybridized carbons (Fsp3) is 0.0769.